The molecule has 6 heteroatoms. The van der Waals surface area contributed by atoms with Crippen LogP contribution in [-0.2, 0) is 16.6 Å². The van der Waals surface area contributed by atoms with E-state index in [0.717, 1.165) is 33.2 Å². The van der Waals surface area contributed by atoms with E-state index in [1.165, 1.54) is 0 Å². The van der Waals surface area contributed by atoms with Crippen LogP contribution in [0.15, 0.2) is 46.1 Å². The van der Waals surface area contributed by atoms with Crippen molar-refractivity contribution in [2.24, 2.45) is 0 Å². The lowest BCUT2D eigenvalue weighted by Crippen LogP contribution is -2.27. The highest BCUT2D eigenvalue weighted by Gasteiger charge is 2.15. The van der Waals surface area contributed by atoms with Crippen LogP contribution >= 0.6 is 0 Å². The minimum Gasteiger partial charge on any atom is -0.321 e. The molecule has 0 aliphatic rings. The van der Waals surface area contributed by atoms with Crippen molar-refractivity contribution < 1.29 is 8.42 Å². The first-order valence-electron chi connectivity index (χ1n) is 8.37. The molecule has 1 aromatic heterocycles. The van der Waals surface area contributed by atoms with E-state index >= 15 is 0 Å². The second-order valence-electron chi connectivity index (χ2n) is 6.74. The molecule has 0 amide bonds. The number of sulfonamides is 1. The van der Waals surface area contributed by atoms with Gasteiger partial charge in [0.25, 0.3) is 5.56 Å². The van der Waals surface area contributed by atoms with Gasteiger partial charge in [0.1, 0.15) is 0 Å². The van der Waals surface area contributed by atoms with Gasteiger partial charge in [-0.1, -0.05) is 17.7 Å². The number of H-pyrrole nitrogens is 1. The minimum absolute atomic E-state index is 0.0620. The van der Waals surface area contributed by atoms with Gasteiger partial charge in [-0.05, 0) is 74.0 Å². The predicted octanol–water partition coefficient (Wildman–Crippen LogP) is 3.24. The van der Waals surface area contributed by atoms with Gasteiger partial charge >= 0.3 is 0 Å². The van der Waals surface area contributed by atoms with E-state index < -0.39 is 10.0 Å². The number of nitrogens with one attached hydrogen (secondary N) is 2. The molecule has 0 fully saturated rings. The van der Waals surface area contributed by atoms with Gasteiger partial charge in [0, 0.05) is 12.1 Å². The van der Waals surface area contributed by atoms with Crippen LogP contribution < -0.4 is 10.3 Å². The molecule has 5 nitrogen and oxygen atoms in total. The molecular formula is C20H22N2O3S. The molecule has 0 saturated heterocycles. The molecule has 26 heavy (non-hydrogen) atoms. The highest BCUT2D eigenvalue weighted by atomic mass is 32.2. The Bertz CT molecular complexity index is 1160. The summed E-state index contributed by atoms with van der Waals surface area (Å²) in [5, 5.41) is 0.891. The molecule has 0 unspecified atom stereocenters. The summed E-state index contributed by atoms with van der Waals surface area (Å²) in [5.74, 6) is 0. The van der Waals surface area contributed by atoms with Crippen molar-refractivity contribution in [3.05, 3.63) is 74.6 Å². The smallest absolute Gasteiger partial charge is 0.252 e. The number of benzene rings is 2. The van der Waals surface area contributed by atoms with Gasteiger partial charge in [0.05, 0.1) is 10.4 Å². The molecule has 0 aliphatic heterocycles. The van der Waals surface area contributed by atoms with Crippen LogP contribution in [0, 0.1) is 27.7 Å². The highest BCUT2D eigenvalue weighted by Crippen LogP contribution is 2.19. The van der Waals surface area contributed by atoms with Crippen LogP contribution in [0.25, 0.3) is 10.9 Å². The van der Waals surface area contributed by atoms with Crippen LogP contribution in [0.1, 0.15) is 27.8 Å². The topological polar surface area (TPSA) is 79.0 Å². The fourth-order valence-corrected chi connectivity index (χ4v) is 4.09. The molecule has 0 atom stereocenters. The molecule has 136 valence electrons. The average Bonchev–Trinajstić information content (AvgIpc) is 2.56. The third-order valence-electron chi connectivity index (χ3n) is 4.61. The van der Waals surface area contributed by atoms with E-state index in [9.17, 15) is 13.2 Å². The zero-order chi connectivity index (χ0) is 19.1. The van der Waals surface area contributed by atoms with Crippen LogP contribution in [-0.4, -0.2) is 13.4 Å². The average molecular weight is 370 g/mol. The number of aromatic nitrogens is 1. The van der Waals surface area contributed by atoms with Gasteiger partial charge in [-0.2, -0.15) is 0 Å². The van der Waals surface area contributed by atoms with Crippen LogP contribution in [0.3, 0.4) is 0 Å². The summed E-state index contributed by atoms with van der Waals surface area (Å²) in [6.07, 6.45) is 0. The number of aryl methyl sites for hydroxylation is 4. The second-order valence-corrected chi connectivity index (χ2v) is 8.51. The number of hydrogen-bond donors (Lipinski definition) is 2. The predicted molar refractivity (Wildman–Crippen MR) is 104 cm³/mol. The SMILES string of the molecule is Cc1cc(C)c2[nH]c(=O)c(CNS(=O)(=O)c3ccc(C)c(C)c3)cc2c1. The zero-order valence-electron chi connectivity index (χ0n) is 15.3. The van der Waals surface area contributed by atoms with Gasteiger partial charge in [0.2, 0.25) is 10.0 Å². The fraction of sp³-hybridized carbons (Fsp3) is 0.250. The molecule has 1 heterocycles. The Labute approximate surface area is 153 Å². The van der Waals surface area contributed by atoms with Crippen molar-refractivity contribution in [2.45, 2.75) is 39.1 Å². The Morgan fingerprint density at radius 2 is 1.65 bits per heavy atom. The van der Waals surface area contributed by atoms with Crippen LogP contribution in [0.4, 0.5) is 0 Å². The zero-order valence-corrected chi connectivity index (χ0v) is 16.1. The third kappa shape index (κ3) is 3.57. The summed E-state index contributed by atoms with van der Waals surface area (Å²) in [7, 11) is -3.69. The molecule has 0 spiro atoms. The van der Waals surface area contributed by atoms with Gasteiger partial charge in [-0.15, -0.1) is 0 Å². The Balaban J connectivity index is 1.92. The maximum Gasteiger partial charge on any atom is 0.252 e. The monoisotopic (exact) mass is 370 g/mol. The lowest BCUT2D eigenvalue weighted by Gasteiger charge is -2.10. The molecule has 3 rings (SSSR count). The Morgan fingerprint density at radius 1 is 0.923 bits per heavy atom. The molecule has 0 aliphatic carbocycles. The van der Waals surface area contributed by atoms with Gasteiger partial charge in [-0.3, -0.25) is 4.79 Å². The van der Waals surface area contributed by atoms with Crippen molar-refractivity contribution >= 4 is 20.9 Å². The first-order chi connectivity index (χ1) is 12.2. The van der Waals surface area contributed by atoms with E-state index in [0.29, 0.717) is 5.56 Å². The Kier molecular flexibility index (Phi) is 4.73. The highest BCUT2D eigenvalue weighted by molar-refractivity contribution is 7.89. The third-order valence-corrected chi connectivity index (χ3v) is 6.01. The molecule has 2 N–H and O–H groups in total. The maximum absolute atomic E-state index is 12.5. The summed E-state index contributed by atoms with van der Waals surface area (Å²) in [5.41, 5.74) is 4.88. The van der Waals surface area contributed by atoms with Gasteiger partial charge < -0.3 is 4.98 Å². The standard InChI is InChI=1S/C20H22N2O3S/c1-12-7-15(4)19-16(8-12)10-17(20(23)22-19)11-21-26(24,25)18-6-5-13(2)14(3)9-18/h5-10,21H,11H2,1-4H3,(H,22,23). The van der Waals surface area contributed by atoms with Crippen molar-refractivity contribution in [3.8, 4) is 0 Å². The van der Waals surface area contributed by atoms with Crippen molar-refractivity contribution in [2.75, 3.05) is 0 Å². The number of fused-ring (bicyclic) bond motifs is 1. The van der Waals surface area contributed by atoms with Crippen molar-refractivity contribution in [3.63, 3.8) is 0 Å². The largest absolute Gasteiger partial charge is 0.321 e. The second kappa shape index (κ2) is 6.70. The Hall–Kier alpha value is -2.44. The molecule has 0 radical (unpaired) electrons. The van der Waals surface area contributed by atoms with Gasteiger partial charge in [-0.25, -0.2) is 13.1 Å². The van der Waals surface area contributed by atoms with E-state index in [4.69, 9.17) is 0 Å². The lowest BCUT2D eigenvalue weighted by atomic mass is 10.1. The molecule has 2 aromatic carbocycles. The summed E-state index contributed by atoms with van der Waals surface area (Å²) in [4.78, 5) is 15.4. The molecular weight excluding hydrogens is 348 g/mol. The summed E-state index contributed by atoms with van der Waals surface area (Å²) < 4.78 is 27.6. The first kappa shape index (κ1) is 18.4. The summed E-state index contributed by atoms with van der Waals surface area (Å²) in [6, 6.07) is 10.7. The van der Waals surface area contributed by atoms with E-state index in [2.05, 4.69) is 9.71 Å². The van der Waals surface area contributed by atoms with Crippen LogP contribution in [0.2, 0.25) is 0 Å². The molecule has 3 aromatic rings. The summed E-state index contributed by atoms with van der Waals surface area (Å²) >= 11 is 0. The number of pyridine rings is 1. The first-order valence-corrected chi connectivity index (χ1v) is 9.86. The van der Waals surface area contributed by atoms with E-state index in [1.54, 1.807) is 24.3 Å². The molecule has 0 saturated carbocycles. The normalized spacial score (nSPS) is 11.8. The number of hydrogen-bond acceptors (Lipinski definition) is 3. The maximum atomic E-state index is 12.5. The van der Waals surface area contributed by atoms with Crippen molar-refractivity contribution in [1.82, 2.24) is 9.71 Å². The lowest BCUT2D eigenvalue weighted by molar-refractivity contribution is 0.581. The van der Waals surface area contributed by atoms with Gasteiger partial charge in [0.15, 0.2) is 0 Å². The van der Waals surface area contributed by atoms with E-state index in [1.807, 2.05) is 39.8 Å². The fourth-order valence-electron chi connectivity index (χ4n) is 3.00. The van der Waals surface area contributed by atoms with Crippen LogP contribution in [0.5, 0.6) is 0 Å². The van der Waals surface area contributed by atoms with E-state index in [-0.39, 0.29) is 17.0 Å². The summed E-state index contributed by atoms with van der Waals surface area (Å²) in [6.45, 7) is 7.66. The minimum atomic E-state index is -3.69. The quantitative estimate of drug-likeness (QED) is 0.740. The molecule has 0 bridgehead atoms. The Morgan fingerprint density at radius 3 is 2.35 bits per heavy atom. The van der Waals surface area contributed by atoms with Crippen molar-refractivity contribution in [1.29, 1.82) is 0 Å². The number of aromatic amines is 1. The number of rotatable bonds is 4.